The van der Waals surface area contributed by atoms with Gasteiger partial charge >= 0.3 is 0 Å². The predicted molar refractivity (Wildman–Crippen MR) is 106 cm³/mol. The molecular weight excluding hydrogens is 348 g/mol. The van der Waals surface area contributed by atoms with Crippen LogP contribution in [0.5, 0.6) is 5.75 Å². The predicted octanol–water partition coefficient (Wildman–Crippen LogP) is 3.65. The molecule has 0 atom stereocenters. The topological polar surface area (TPSA) is 50.8 Å². The number of carbonyl (C=O) groups is 1. The van der Waals surface area contributed by atoms with Crippen molar-refractivity contribution in [3.8, 4) is 5.75 Å². The zero-order chi connectivity index (χ0) is 18.2. The van der Waals surface area contributed by atoms with Crippen LogP contribution in [0.2, 0.25) is 0 Å². The van der Waals surface area contributed by atoms with Gasteiger partial charge in [0.15, 0.2) is 0 Å². The lowest BCUT2D eigenvalue weighted by Gasteiger charge is -2.30. The number of para-hydroxylation sites is 2. The third-order valence-electron chi connectivity index (χ3n) is 4.03. The number of nitrogens with one attached hydrogen (secondary N) is 1. The number of thioether (sulfide) groups is 1. The van der Waals surface area contributed by atoms with Gasteiger partial charge in [-0.05, 0) is 43.3 Å². The maximum Gasteiger partial charge on any atom is 0.234 e. The summed E-state index contributed by atoms with van der Waals surface area (Å²) in [5.41, 5.74) is 1.90. The van der Waals surface area contributed by atoms with E-state index in [1.165, 1.54) is 11.8 Å². The fourth-order valence-electron chi connectivity index (χ4n) is 2.79. The van der Waals surface area contributed by atoms with E-state index in [2.05, 4.69) is 10.2 Å². The molecule has 3 rings (SSSR count). The van der Waals surface area contributed by atoms with Gasteiger partial charge in [-0.15, -0.1) is 11.8 Å². The zero-order valence-electron chi connectivity index (χ0n) is 14.9. The SMILES string of the molecule is CCOc1ccc(SCC(=O)Nc2ccccc2N2CCOCC2)cc1. The Morgan fingerprint density at radius 1 is 1.15 bits per heavy atom. The first-order valence-electron chi connectivity index (χ1n) is 8.83. The van der Waals surface area contributed by atoms with Crippen LogP contribution in [0.3, 0.4) is 0 Å². The second-order valence-electron chi connectivity index (χ2n) is 5.86. The lowest BCUT2D eigenvalue weighted by Crippen LogP contribution is -2.36. The van der Waals surface area contributed by atoms with Crippen molar-refractivity contribution >= 4 is 29.0 Å². The molecule has 1 N–H and O–H groups in total. The van der Waals surface area contributed by atoms with E-state index >= 15 is 0 Å². The number of rotatable bonds is 7. The van der Waals surface area contributed by atoms with Crippen molar-refractivity contribution in [1.29, 1.82) is 0 Å². The fraction of sp³-hybridized carbons (Fsp3) is 0.350. The number of carbonyl (C=O) groups excluding carboxylic acids is 1. The molecule has 2 aromatic rings. The molecule has 6 heteroatoms. The highest BCUT2D eigenvalue weighted by Crippen LogP contribution is 2.27. The number of anilines is 2. The van der Waals surface area contributed by atoms with Crippen molar-refractivity contribution < 1.29 is 14.3 Å². The van der Waals surface area contributed by atoms with Gasteiger partial charge in [-0.1, -0.05) is 12.1 Å². The van der Waals surface area contributed by atoms with E-state index in [9.17, 15) is 4.79 Å². The van der Waals surface area contributed by atoms with Gasteiger partial charge in [0.05, 0.1) is 36.9 Å². The second kappa shape index (κ2) is 9.50. The molecule has 5 nitrogen and oxygen atoms in total. The third-order valence-corrected chi connectivity index (χ3v) is 5.05. The van der Waals surface area contributed by atoms with Crippen LogP contribution in [0.4, 0.5) is 11.4 Å². The number of benzene rings is 2. The van der Waals surface area contributed by atoms with Gasteiger partial charge < -0.3 is 19.7 Å². The van der Waals surface area contributed by atoms with Gasteiger partial charge in [0.25, 0.3) is 0 Å². The van der Waals surface area contributed by atoms with Crippen LogP contribution in [0.25, 0.3) is 0 Å². The van der Waals surface area contributed by atoms with E-state index < -0.39 is 0 Å². The Kier molecular flexibility index (Phi) is 6.80. The van der Waals surface area contributed by atoms with E-state index in [4.69, 9.17) is 9.47 Å². The lowest BCUT2D eigenvalue weighted by molar-refractivity contribution is -0.113. The highest BCUT2D eigenvalue weighted by Gasteiger charge is 2.15. The van der Waals surface area contributed by atoms with E-state index in [1.54, 1.807) is 0 Å². The van der Waals surface area contributed by atoms with Crippen molar-refractivity contribution in [2.24, 2.45) is 0 Å². The normalized spacial score (nSPS) is 14.1. The van der Waals surface area contributed by atoms with Gasteiger partial charge in [-0.3, -0.25) is 4.79 Å². The Bertz CT molecular complexity index is 715. The standard InChI is InChI=1S/C20H24N2O3S/c1-2-25-16-7-9-17(10-8-16)26-15-20(23)21-18-5-3-4-6-19(18)22-11-13-24-14-12-22/h3-10H,2,11-15H2,1H3,(H,21,23). The minimum atomic E-state index is -0.00964. The molecule has 2 aromatic carbocycles. The molecule has 138 valence electrons. The molecule has 1 fully saturated rings. The van der Waals surface area contributed by atoms with Crippen molar-refractivity contribution in [1.82, 2.24) is 0 Å². The monoisotopic (exact) mass is 372 g/mol. The molecule has 0 spiro atoms. The largest absolute Gasteiger partial charge is 0.494 e. The molecule has 26 heavy (non-hydrogen) atoms. The first-order valence-corrected chi connectivity index (χ1v) is 9.82. The van der Waals surface area contributed by atoms with Crippen LogP contribution in [-0.2, 0) is 9.53 Å². The summed E-state index contributed by atoms with van der Waals surface area (Å²) in [7, 11) is 0. The highest BCUT2D eigenvalue weighted by molar-refractivity contribution is 8.00. The summed E-state index contributed by atoms with van der Waals surface area (Å²) < 4.78 is 10.8. The Morgan fingerprint density at radius 2 is 1.88 bits per heavy atom. The van der Waals surface area contributed by atoms with E-state index in [1.807, 2.05) is 55.5 Å². The summed E-state index contributed by atoms with van der Waals surface area (Å²) in [6.45, 7) is 5.73. The maximum atomic E-state index is 12.4. The number of hydrogen-bond donors (Lipinski definition) is 1. The summed E-state index contributed by atoms with van der Waals surface area (Å²) in [5, 5.41) is 3.04. The van der Waals surface area contributed by atoms with Crippen molar-refractivity contribution in [3.05, 3.63) is 48.5 Å². The molecule has 1 saturated heterocycles. The smallest absolute Gasteiger partial charge is 0.234 e. The van der Waals surface area contributed by atoms with Crippen LogP contribution < -0.4 is 15.0 Å². The number of ether oxygens (including phenoxy) is 2. The van der Waals surface area contributed by atoms with Crippen molar-refractivity contribution in [2.75, 3.05) is 48.9 Å². The second-order valence-corrected chi connectivity index (χ2v) is 6.91. The third kappa shape index (κ3) is 5.16. The molecule has 1 aliphatic rings. The van der Waals surface area contributed by atoms with Crippen LogP contribution in [0.15, 0.2) is 53.4 Å². The highest BCUT2D eigenvalue weighted by atomic mass is 32.2. The molecule has 0 saturated carbocycles. The molecule has 0 aromatic heterocycles. The Balaban J connectivity index is 1.56. The Morgan fingerprint density at radius 3 is 2.62 bits per heavy atom. The number of amides is 1. The summed E-state index contributed by atoms with van der Waals surface area (Å²) in [5.74, 6) is 1.20. The van der Waals surface area contributed by atoms with Gasteiger partial charge in [0.1, 0.15) is 5.75 Å². The zero-order valence-corrected chi connectivity index (χ0v) is 15.8. The number of nitrogens with zero attached hydrogens (tertiary/aromatic N) is 1. The minimum absolute atomic E-state index is 0.00964. The van der Waals surface area contributed by atoms with E-state index in [0.29, 0.717) is 12.4 Å². The van der Waals surface area contributed by atoms with Crippen LogP contribution in [0.1, 0.15) is 6.92 Å². The summed E-state index contributed by atoms with van der Waals surface area (Å²) in [6.07, 6.45) is 0. The first kappa shape index (κ1) is 18.6. The average Bonchev–Trinajstić information content (AvgIpc) is 2.69. The van der Waals surface area contributed by atoms with Gasteiger partial charge in [0.2, 0.25) is 5.91 Å². The summed E-state index contributed by atoms with van der Waals surface area (Å²) >= 11 is 1.51. The number of morpholine rings is 1. The minimum Gasteiger partial charge on any atom is -0.494 e. The Hall–Kier alpha value is -2.18. The molecule has 0 radical (unpaired) electrons. The van der Waals surface area contributed by atoms with E-state index in [0.717, 1.165) is 48.3 Å². The molecule has 0 bridgehead atoms. The van der Waals surface area contributed by atoms with Gasteiger partial charge in [-0.2, -0.15) is 0 Å². The maximum absolute atomic E-state index is 12.4. The molecule has 0 unspecified atom stereocenters. The average molecular weight is 372 g/mol. The van der Waals surface area contributed by atoms with E-state index in [-0.39, 0.29) is 5.91 Å². The fourth-order valence-corrected chi connectivity index (χ4v) is 3.49. The van der Waals surface area contributed by atoms with Crippen LogP contribution in [-0.4, -0.2) is 44.6 Å². The Labute approximate surface area is 158 Å². The molecule has 1 heterocycles. The van der Waals surface area contributed by atoms with Crippen molar-refractivity contribution in [3.63, 3.8) is 0 Å². The molecular formula is C20H24N2O3S. The van der Waals surface area contributed by atoms with Crippen LogP contribution >= 0.6 is 11.8 Å². The quantitative estimate of drug-likeness (QED) is 0.752. The van der Waals surface area contributed by atoms with Crippen molar-refractivity contribution in [2.45, 2.75) is 11.8 Å². The van der Waals surface area contributed by atoms with Gasteiger partial charge in [0, 0.05) is 18.0 Å². The van der Waals surface area contributed by atoms with Crippen LogP contribution in [0, 0.1) is 0 Å². The molecule has 0 aliphatic carbocycles. The summed E-state index contributed by atoms with van der Waals surface area (Å²) in [4.78, 5) is 15.7. The first-order chi connectivity index (χ1) is 12.8. The molecule has 1 amide bonds. The lowest BCUT2D eigenvalue weighted by atomic mass is 10.2. The van der Waals surface area contributed by atoms with Gasteiger partial charge in [-0.25, -0.2) is 0 Å². The molecule has 1 aliphatic heterocycles. The summed E-state index contributed by atoms with van der Waals surface area (Å²) in [6, 6.07) is 15.7. The number of hydrogen-bond acceptors (Lipinski definition) is 5.